The first-order valence-corrected chi connectivity index (χ1v) is 7.05. The Bertz CT molecular complexity index is 684. The lowest BCUT2D eigenvalue weighted by atomic mass is 10.1. The minimum atomic E-state index is -0.826. The molecule has 0 aliphatic heterocycles. The van der Waals surface area contributed by atoms with Crippen LogP contribution in [-0.4, -0.2) is 31.3 Å². The molecule has 1 aromatic carbocycles. The predicted molar refractivity (Wildman–Crippen MR) is 75.2 cm³/mol. The van der Waals surface area contributed by atoms with Crippen molar-refractivity contribution in [2.75, 3.05) is 0 Å². The van der Waals surface area contributed by atoms with Gasteiger partial charge in [-0.2, -0.15) is 0 Å². The molecule has 0 radical (unpaired) electrons. The summed E-state index contributed by atoms with van der Waals surface area (Å²) < 4.78 is 15.3. The van der Waals surface area contributed by atoms with Gasteiger partial charge in [-0.1, -0.05) is 0 Å². The minimum absolute atomic E-state index is 0.234. The zero-order chi connectivity index (χ0) is 14.3. The number of rotatable bonds is 4. The van der Waals surface area contributed by atoms with E-state index in [-0.39, 0.29) is 12.4 Å². The summed E-state index contributed by atoms with van der Waals surface area (Å²) in [5.41, 5.74) is -0.0616. The fraction of sp³-hybridized carbons (Fsp3) is 0.333. The van der Waals surface area contributed by atoms with Crippen LogP contribution in [0.1, 0.15) is 12.8 Å². The Labute approximate surface area is 127 Å². The van der Waals surface area contributed by atoms with Crippen LogP contribution in [0.2, 0.25) is 0 Å². The van der Waals surface area contributed by atoms with Crippen molar-refractivity contribution >= 4 is 28.6 Å². The lowest BCUT2D eigenvalue weighted by molar-refractivity contribution is -0.144. The standard InChI is InChI=1S/C12H10FIN4O2/c13-7-1-2-8(9(14)5-7)10-15-16-17-18(10)6-12(3-4-12)11(19)20/h1-2,5H,3-4,6H2,(H,19,20). The predicted octanol–water partition coefficient (Wildman–Crippen LogP) is 1.95. The second-order valence-corrected chi connectivity index (χ2v) is 6.03. The van der Waals surface area contributed by atoms with Crippen molar-refractivity contribution < 1.29 is 14.3 Å². The summed E-state index contributed by atoms with van der Waals surface area (Å²) in [5, 5.41) is 20.6. The summed E-state index contributed by atoms with van der Waals surface area (Å²) >= 11 is 2.00. The third-order valence-electron chi connectivity index (χ3n) is 3.46. The summed E-state index contributed by atoms with van der Waals surface area (Å²) in [7, 11) is 0. The second-order valence-electron chi connectivity index (χ2n) is 4.87. The van der Waals surface area contributed by atoms with Crippen LogP contribution in [0, 0.1) is 14.8 Å². The summed E-state index contributed by atoms with van der Waals surface area (Å²) in [4.78, 5) is 11.2. The first-order chi connectivity index (χ1) is 9.52. The van der Waals surface area contributed by atoms with Gasteiger partial charge in [-0.05, 0) is 64.1 Å². The summed E-state index contributed by atoms with van der Waals surface area (Å²) in [6.07, 6.45) is 1.25. The lowest BCUT2D eigenvalue weighted by Crippen LogP contribution is -2.22. The molecule has 1 N–H and O–H groups in total. The molecule has 104 valence electrons. The van der Waals surface area contributed by atoms with Crippen molar-refractivity contribution in [2.45, 2.75) is 19.4 Å². The van der Waals surface area contributed by atoms with E-state index >= 15 is 0 Å². The highest BCUT2D eigenvalue weighted by molar-refractivity contribution is 14.1. The van der Waals surface area contributed by atoms with E-state index in [2.05, 4.69) is 15.5 Å². The number of aliphatic carboxylic acids is 1. The van der Waals surface area contributed by atoms with Crippen molar-refractivity contribution in [1.82, 2.24) is 20.2 Å². The SMILES string of the molecule is O=C(O)C1(Cn2nnnc2-c2ccc(F)cc2I)CC1. The molecule has 1 saturated carbocycles. The Balaban J connectivity index is 1.96. The molecule has 3 rings (SSSR count). The molecule has 1 heterocycles. The number of hydrogen-bond acceptors (Lipinski definition) is 4. The van der Waals surface area contributed by atoms with E-state index in [0.29, 0.717) is 27.8 Å². The maximum absolute atomic E-state index is 13.1. The van der Waals surface area contributed by atoms with Crippen LogP contribution in [0.5, 0.6) is 0 Å². The van der Waals surface area contributed by atoms with Crippen molar-refractivity contribution in [2.24, 2.45) is 5.41 Å². The van der Waals surface area contributed by atoms with Gasteiger partial charge in [-0.25, -0.2) is 9.07 Å². The topological polar surface area (TPSA) is 80.9 Å². The number of benzene rings is 1. The van der Waals surface area contributed by atoms with E-state index in [9.17, 15) is 14.3 Å². The lowest BCUT2D eigenvalue weighted by Gasteiger charge is -2.11. The van der Waals surface area contributed by atoms with Crippen LogP contribution >= 0.6 is 22.6 Å². The summed E-state index contributed by atoms with van der Waals surface area (Å²) in [6.45, 7) is 0.234. The van der Waals surface area contributed by atoms with Crippen molar-refractivity contribution in [3.05, 3.63) is 27.6 Å². The zero-order valence-electron chi connectivity index (χ0n) is 10.3. The van der Waals surface area contributed by atoms with Gasteiger partial charge in [0.2, 0.25) is 0 Å². The molecule has 0 unspecified atom stereocenters. The molecule has 1 aliphatic carbocycles. The molecule has 0 amide bonds. The minimum Gasteiger partial charge on any atom is -0.481 e. The molecule has 6 nitrogen and oxygen atoms in total. The number of carboxylic acids is 1. The Morgan fingerprint density at radius 2 is 2.25 bits per heavy atom. The maximum Gasteiger partial charge on any atom is 0.311 e. The van der Waals surface area contributed by atoms with Crippen LogP contribution in [0.15, 0.2) is 18.2 Å². The summed E-state index contributed by atoms with van der Waals surface area (Å²) in [6, 6.07) is 4.32. The van der Waals surface area contributed by atoms with Crippen molar-refractivity contribution in [3.63, 3.8) is 0 Å². The van der Waals surface area contributed by atoms with Gasteiger partial charge >= 0.3 is 5.97 Å². The number of nitrogens with zero attached hydrogens (tertiary/aromatic N) is 4. The Hall–Kier alpha value is -1.58. The average molecular weight is 388 g/mol. The van der Waals surface area contributed by atoms with Crippen LogP contribution in [0.25, 0.3) is 11.4 Å². The molecule has 0 bridgehead atoms. The Morgan fingerprint density at radius 3 is 2.85 bits per heavy atom. The third-order valence-corrected chi connectivity index (χ3v) is 4.36. The molecule has 0 saturated heterocycles. The highest BCUT2D eigenvalue weighted by Crippen LogP contribution is 2.47. The fourth-order valence-electron chi connectivity index (χ4n) is 2.05. The van der Waals surface area contributed by atoms with Crippen LogP contribution in [-0.2, 0) is 11.3 Å². The van der Waals surface area contributed by atoms with E-state index in [1.165, 1.54) is 16.8 Å². The first-order valence-electron chi connectivity index (χ1n) is 5.97. The molecule has 20 heavy (non-hydrogen) atoms. The maximum atomic E-state index is 13.1. The monoisotopic (exact) mass is 388 g/mol. The second kappa shape index (κ2) is 4.76. The van der Waals surface area contributed by atoms with Gasteiger partial charge in [0.05, 0.1) is 12.0 Å². The van der Waals surface area contributed by atoms with Gasteiger partial charge in [-0.15, -0.1) is 5.10 Å². The third kappa shape index (κ3) is 2.28. The molecule has 1 fully saturated rings. The van der Waals surface area contributed by atoms with Gasteiger partial charge in [0.1, 0.15) is 5.82 Å². The molecule has 1 aromatic heterocycles. The molecule has 1 aliphatic rings. The molecule has 8 heteroatoms. The van der Waals surface area contributed by atoms with Gasteiger partial charge in [0.25, 0.3) is 0 Å². The zero-order valence-corrected chi connectivity index (χ0v) is 12.4. The van der Waals surface area contributed by atoms with Crippen LogP contribution < -0.4 is 0 Å². The normalized spacial score (nSPS) is 16.1. The fourth-order valence-corrected chi connectivity index (χ4v) is 2.77. The molecular formula is C12H10FIN4O2. The van der Waals surface area contributed by atoms with Gasteiger partial charge < -0.3 is 5.11 Å². The number of hydrogen-bond donors (Lipinski definition) is 1. The van der Waals surface area contributed by atoms with Gasteiger partial charge in [-0.3, -0.25) is 4.79 Å². The Kier molecular flexibility index (Phi) is 3.19. The number of halogens is 2. The molecule has 0 atom stereocenters. The number of carboxylic acid groups (broad SMARTS) is 1. The Morgan fingerprint density at radius 1 is 1.50 bits per heavy atom. The van der Waals surface area contributed by atoms with E-state index in [4.69, 9.17) is 0 Å². The number of carbonyl (C=O) groups is 1. The van der Waals surface area contributed by atoms with Crippen LogP contribution in [0.3, 0.4) is 0 Å². The molecule has 0 spiro atoms. The highest BCUT2D eigenvalue weighted by atomic mass is 127. The van der Waals surface area contributed by atoms with Crippen molar-refractivity contribution in [3.8, 4) is 11.4 Å². The quantitative estimate of drug-likeness (QED) is 0.810. The van der Waals surface area contributed by atoms with E-state index in [1.807, 2.05) is 22.6 Å². The average Bonchev–Trinajstić information content (AvgIpc) is 3.03. The van der Waals surface area contributed by atoms with E-state index in [1.54, 1.807) is 6.07 Å². The van der Waals surface area contributed by atoms with Crippen molar-refractivity contribution in [1.29, 1.82) is 0 Å². The number of aromatic nitrogens is 4. The van der Waals surface area contributed by atoms with Gasteiger partial charge in [0, 0.05) is 9.13 Å². The first kappa shape index (κ1) is 13.4. The summed E-state index contributed by atoms with van der Waals surface area (Å²) in [5.74, 6) is -0.698. The molecule has 2 aromatic rings. The van der Waals surface area contributed by atoms with E-state index in [0.717, 1.165) is 0 Å². The largest absolute Gasteiger partial charge is 0.481 e. The molecular weight excluding hydrogens is 378 g/mol. The number of tetrazole rings is 1. The van der Waals surface area contributed by atoms with Gasteiger partial charge in [0.15, 0.2) is 5.82 Å². The highest BCUT2D eigenvalue weighted by Gasteiger charge is 2.51. The smallest absolute Gasteiger partial charge is 0.311 e. The van der Waals surface area contributed by atoms with E-state index < -0.39 is 11.4 Å². The van der Waals surface area contributed by atoms with Crippen LogP contribution in [0.4, 0.5) is 4.39 Å².